The van der Waals surface area contributed by atoms with E-state index < -0.39 is 5.91 Å². The van der Waals surface area contributed by atoms with Crippen molar-refractivity contribution >= 4 is 5.91 Å². The molecule has 0 bridgehead atoms. The van der Waals surface area contributed by atoms with Gasteiger partial charge in [0, 0.05) is 18.0 Å². The van der Waals surface area contributed by atoms with Gasteiger partial charge in [0.05, 0.1) is 24.1 Å². The second-order valence-corrected chi connectivity index (χ2v) is 5.96. The molecule has 1 amide bonds. The Morgan fingerprint density at radius 3 is 2.88 bits per heavy atom. The van der Waals surface area contributed by atoms with Gasteiger partial charge in [-0.25, -0.2) is 4.68 Å². The van der Waals surface area contributed by atoms with Crippen LogP contribution in [0.3, 0.4) is 0 Å². The Kier molecular flexibility index (Phi) is 3.56. The Morgan fingerprint density at radius 1 is 1.25 bits per heavy atom. The molecule has 1 fully saturated rings. The molecule has 4 rings (SSSR count). The highest BCUT2D eigenvalue weighted by Crippen LogP contribution is 2.30. The van der Waals surface area contributed by atoms with Crippen LogP contribution in [0.2, 0.25) is 0 Å². The van der Waals surface area contributed by atoms with Crippen molar-refractivity contribution in [1.82, 2.24) is 29.8 Å². The Hall–Kier alpha value is -3.03. The lowest BCUT2D eigenvalue weighted by atomic mass is 10.2. The number of amides is 1. The van der Waals surface area contributed by atoms with Crippen molar-refractivity contribution in [2.45, 2.75) is 31.7 Å². The van der Waals surface area contributed by atoms with Gasteiger partial charge < -0.3 is 5.73 Å². The smallest absolute Gasteiger partial charge is 0.267 e. The molecule has 8 heteroatoms. The Bertz CT molecular complexity index is 876. The second-order valence-electron chi connectivity index (χ2n) is 5.96. The summed E-state index contributed by atoms with van der Waals surface area (Å²) >= 11 is 0. The molecule has 0 aliphatic heterocycles. The normalized spacial score (nSPS) is 15.0. The minimum Gasteiger partial charge on any atom is -0.364 e. The summed E-state index contributed by atoms with van der Waals surface area (Å²) in [6, 6.07) is 3.82. The highest BCUT2D eigenvalue weighted by molar-refractivity contribution is 5.91. The summed E-state index contributed by atoms with van der Waals surface area (Å²) in [4.78, 5) is 15.2. The first-order valence-corrected chi connectivity index (χ1v) is 7.94. The number of nitrogens with two attached hydrogens (primary N) is 1. The van der Waals surface area contributed by atoms with Crippen LogP contribution in [0.4, 0.5) is 0 Å². The van der Waals surface area contributed by atoms with E-state index in [1.165, 1.54) is 31.9 Å². The lowest BCUT2D eigenvalue weighted by Crippen LogP contribution is -2.13. The monoisotopic (exact) mass is 323 g/mol. The highest BCUT2D eigenvalue weighted by Gasteiger charge is 2.18. The predicted octanol–water partition coefficient (Wildman–Crippen LogP) is 1.74. The molecule has 3 heterocycles. The van der Waals surface area contributed by atoms with Crippen molar-refractivity contribution in [2.75, 3.05) is 0 Å². The van der Waals surface area contributed by atoms with Gasteiger partial charge in [0.15, 0.2) is 0 Å². The first-order chi connectivity index (χ1) is 11.7. The first-order valence-electron chi connectivity index (χ1n) is 7.94. The number of pyridine rings is 1. The molecular weight excluding hydrogens is 306 g/mol. The van der Waals surface area contributed by atoms with Crippen LogP contribution in [-0.4, -0.2) is 35.7 Å². The molecule has 24 heavy (non-hydrogen) atoms. The average Bonchev–Trinajstić information content (AvgIpc) is 3.33. The van der Waals surface area contributed by atoms with Crippen LogP contribution in [0, 0.1) is 0 Å². The summed E-state index contributed by atoms with van der Waals surface area (Å²) in [5.41, 5.74) is 7.80. The zero-order valence-electron chi connectivity index (χ0n) is 13.0. The van der Waals surface area contributed by atoms with Gasteiger partial charge in [0.1, 0.15) is 11.4 Å². The van der Waals surface area contributed by atoms with Gasteiger partial charge in [-0.3, -0.25) is 14.5 Å². The quantitative estimate of drug-likeness (QED) is 0.787. The summed E-state index contributed by atoms with van der Waals surface area (Å²) in [5.74, 6) is -0.574. The third-order valence-electron chi connectivity index (χ3n) is 4.35. The van der Waals surface area contributed by atoms with Crippen molar-refractivity contribution in [2.24, 2.45) is 5.73 Å². The van der Waals surface area contributed by atoms with Crippen molar-refractivity contribution in [1.29, 1.82) is 0 Å². The van der Waals surface area contributed by atoms with E-state index in [4.69, 9.17) is 5.73 Å². The fraction of sp³-hybridized carbons (Fsp3) is 0.312. The summed E-state index contributed by atoms with van der Waals surface area (Å²) in [7, 11) is 0. The largest absolute Gasteiger partial charge is 0.364 e. The zero-order chi connectivity index (χ0) is 16.5. The van der Waals surface area contributed by atoms with E-state index in [1.54, 1.807) is 23.0 Å². The molecule has 8 nitrogen and oxygen atoms in total. The molecule has 0 radical (unpaired) electrons. The molecule has 122 valence electrons. The third kappa shape index (κ3) is 2.66. The van der Waals surface area contributed by atoms with Gasteiger partial charge >= 0.3 is 0 Å². The SMILES string of the molecule is NC(=O)c1cc(-n2cc(-c3cnn(C4CCCC4)c3)nn2)ccn1. The summed E-state index contributed by atoms with van der Waals surface area (Å²) in [5, 5.41) is 12.8. The second kappa shape index (κ2) is 5.88. The van der Waals surface area contributed by atoms with Crippen molar-refractivity contribution < 1.29 is 4.79 Å². The van der Waals surface area contributed by atoms with Crippen molar-refractivity contribution in [3.63, 3.8) is 0 Å². The number of nitrogens with zero attached hydrogens (tertiary/aromatic N) is 6. The molecule has 0 spiro atoms. The number of hydrogen-bond donors (Lipinski definition) is 1. The molecule has 3 aromatic heterocycles. The van der Waals surface area contributed by atoms with Crippen LogP contribution in [0.15, 0.2) is 36.9 Å². The maximum absolute atomic E-state index is 11.2. The van der Waals surface area contributed by atoms with Crippen molar-refractivity contribution in [3.05, 3.63) is 42.6 Å². The minimum absolute atomic E-state index is 0.193. The minimum atomic E-state index is -0.574. The fourth-order valence-corrected chi connectivity index (χ4v) is 3.06. The number of hydrogen-bond acceptors (Lipinski definition) is 5. The van der Waals surface area contributed by atoms with Crippen LogP contribution in [-0.2, 0) is 0 Å². The maximum Gasteiger partial charge on any atom is 0.267 e. The van der Waals surface area contributed by atoms with E-state index in [9.17, 15) is 4.79 Å². The van der Waals surface area contributed by atoms with Gasteiger partial charge in [-0.1, -0.05) is 18.1 Å². The lowest BCUT2D eigenvalue weighted by molar-refractivity contribution is 0.0995. The molecule has 1 saturated carbocycles. The predicted molar refractivity (Wildman–Crippen MR) is 86.4 cm³/mol. The van der Waals surface area contributed by atoms with E-state index in [-0.39, 0.29) is 5.69 Å². The van der Waals surface area contributed by atoms with E-state index in [2.05, 4.69) is 20.4 Å². The number of rotatable bonds is 4. The first kappa shape index (κ1) is 14.6. The van der Waals surface area contributed by atoms with Crippen LogP contribution < -0.4 is 5.73 Å². The molecule has 3 aromatic rings. The lowest BCUT2D eigenvalue weighted by Gasteiger charge is -2.08. The molecule has 1 aliphatic rings. The molecule has 0 aromatic carbocycles. The molecule has 2 N–H and O–H groups in total. The molecule has 0 saturated heterocycles. The fourth-order valence-electron chi connectivity index (χ4n) is 3.06. The van der Waals surface area contributed by atoms with E-state index >= 15 is 0 Å². The van der Waals surface area contributed by atoms with Gasteiger partial charge in [0.25, 0.3) is 5.91 Å². The molecule has 0 atom stereocenters. The van der Waals surface area contributed by atoms with Crippen LogP contribution in [0.25, 0.3) is 16.9 Å². The van der Waals surface area contributed by atoms with Gasteiger partial charge in [-0.05, 0) is 25.0 Å². The maximum atomic E-state index is 11.2. The number of carbonyl (C=O) groups is 1. The van der Waals surface area contributed by atoms with Gasteiger partial charge in [-0.2, -0.15) is 5.10 Å². The van der Waals surface area contributed by atoms with Crippen molar-refractivity contribution in [3.8, 4) is 16.9 Å². The Balaban J connectivity index is 1.61. The van der Waals surface area contributed by atoms with Crippen LogP contribution in [0.1, 0.15) is 42.2 Å². The van der Waals surface area contributed by atoms with E-state index in [1.807, 2.05) is 17.1 Å². The van der Waals surface area contributed by atoms with Crippen LogP contribution in [0.5, 0.6) is 0 Å². The summed E-state index contributed by atoms with van der Waals surface area (Å²) in [6.45, 7) is 0. The van der Waals surface area contributed by atoms with Crippen LogP contribution >= 0.6 is 0 Å². The average molecular weight is 323 g/mol. The number of primary amides is 1. The standard InChI is InChI=1S/C16H17N7O/c17-16(24)14-7-13(5-6-18-14)23-10-15(20-21-23)11-8-19-22(9-11)12-3-1-2-4-12/h5-10,12H,1-4H2,(H2,17,24). The third-order valence-corrected chi connectivity index (χ3v) is 4.35. The van der Waals surface area contributed by atoms with E-state index in [0.717, 1.165) is 11.3 Å². The molecular formula is C16H17N7O. The zero-order valence-corrected chi connectivity index (χ0v) is 13.0. The Morgan fingerprint density at radius 2 is 2.08 bits per heavy atom. The molecule has 1 aliphatic carbocycles. The topological polar surface area (TPSA) is 105 Å². The summed E-state index contributed by atoms with van der Waals surface area (Å²) in [6.07, 6.45) is 12.0. The Labute approximate surface area is 138 Å². The van der Waals surface area contributed by atoms with E-state index in [0.29, 0.717) is 11.7 Å². The number of carbonyl (C=O) groups excluding carboxylic acids is 1. The highest BCUT2D eigenvalue weighted by atomic mass is 16.1. The number of aromatic nitrogens is 6. The van der Waals surface area contributed by atoms with Gasteiger partial charge in [0.2, 0.25) is 0 Å². The molecule has 0 unspecified atom stereocenters. The summed E-state index contributed by atoms with van der Waals surface area (Å²) < 4.78 is 3.62. The van der Waals surface area contributed by atoms with Gasteiger partial charge in [-0.15, -0.1) is 5.10 Å².